The van der Waals surface area contributed by atoms with Gasteiger partial charge in [0.1, 0.15) is 18.8 Å². The third-order valence-corrected chi connectivity index (χ3v) is 10.6. The second kappa shape index (κ2) is 20.8. The number of ketones is 1. The van der Waals surface area contributed by atoms with Gasteiger partial charge in [0.25, 0.3) is 0 Å². The lowest BCUT2D eigenvalue weighted by molar-refractivity contribution is -0.137. The second-order valence-electron chi connectivity index (χ2n) is 14.2. The summed E-state index contributed by atoms with van der Waals surface area (Å²) in [7, 11) is 1.76. The van der Waals surface area contributed by atoms with Crippen molar-refractivity contribution in [1.29, 1.82) is 0 Å². The van der Waals surface area contributed by atoms with Gasteiger partial charge in [0, 0.05) is 31.8 Å². The van der Waals surface area contributed by atoms with Gasteiger partial charge in [-0.05, 0) is 48.6 Å². The van der Waals surface area contributed by atoms with Crippen LogP contribution in [0.4, 0.5) is 0 Å². The van der Waals surface area contributed by atoms with Crippen molar-refractivity contribution < 1.29 is 29.4 Å². The number of benzene rings is 2. The van der Waals surface area contributed by atoms with Gasteiger partial charge in [-0.25, -0.2) is 4.98 Å². The molecule has 11 heteroatoms. The van der Waals surface area contributed by atoms with Crippen molar-refractivity contribution in [3.05, 3.63) is 88.4 Å². The molecule has 0 radical (unpaired) electrons. The molecular formula is C40H54N4O6S. The molecule has 2 aromatic carbocycles. The van der Waals surface area contributed by atoms with E-state index in [9.17, 15) is 29.4 Å². The Hall–Kier alpha value is -3.93. The van der Waals surface area contributed by atoms with Crippen LogP contribution in [-0.4, -0.2) is 82.0 Å². The van der Waals surface area contributed by atoms with Crippen molar-refractivity contribution >= 4 is 34.8 Å². The Balaban J connectivity index is 1.47. The van der Waals surface area contributed by atoms with Crippen LogP contribution in [0.3, 0.4) is 0 Å². The lowest BCUT2D eigenvalue weighted by Gasteiger charge is -2.31. The summed E-state index contributed by atoms with van der Waals surface area (Å²) >= 11 is 1.37. The monoisotopic (exact) mass is 718 g/mol. The van der Waals surface area contributed by atoms with E-state index in [4.69, 9.17) is 0 Å². The summed E-state index contributed by atoms with van der Waals surface area (Å²) < 4.78 is 0. The van der Waals surface area contributed by atoms with Crippen molar-refractivity contribution in [3.8, 4) is 0 Å². The summed E-state index contributed by atoms with van der Waals surface area (Å²) in [6.07, 6.45) is 5.97. The normalized spacial score (nSPS) is 16.3. The predicted molar refractivity (Wildman–Crippen MR) is 199 cm³/mol. The van der Waals surface area contributed by atoms with Crippen LogP contribution >= 0.6 is 11.3 Å². The molecule has 1 aromatic heterocycles. The summed E-state index contributed by atoms with van der Waals surface area (Å²) in [5.41, 5.74) is 4.40. The third-order valence-electron chi connectivity index (χ3n) is 9.96. The first-order valence-electron chi connectivity index (χ1n) is 18.2. The summed E-state index contributed by atoms with van der Waals surface area (Å²) in [5, 5.41) is 27.9. The number of nitrogens with zero attached hydrogens (tertiary/aromatic N) is 2. The number of aromatic nitrogens is 1. The Kier molecular flexibility index (Phi) is 16.3. The number of amides is 3. The highest BCUT2D eigenvalue weighted by Gasteiger charge is 2.34. The molecule has 1 saturated carbocycles. The Bertz CT molecular complexity index is 1500. The van der Waals surface area contributed by atoms with E-state index < -0.39 is 48.3 Å². The van der Waals surface area contributed by atoms with Crippen LogP contribution < -0.4 is 10.6 Å². The lowest BCUT2D eigenvalue weighted by Crippen LogP contribution is -2.56. The minimum absolute atomic E-state index is 0.0383. The van der Waals surface area contributed by atoms with Crippen LogP contribution in [0, 0.1) is 17.8 Å². The fourth-order valence-electron chi connectivity index (χ4n) is 6.88. The molecule has 3 amide bonds. The van der Waals surface area contributed by atoms with Crippen LogP contribution in [0.1, 0.15) is 75.1 Å². The van der Waals surface area contributed by atoms with E-state index in [0.717, 1.165) is 50.5 Å². The zero-order valence-corrected chi connectivity index (χ0v) is 30.7. The number of Topliss-reactive ketones (excluding diaryl/α,β-unsaturated/α-hetero) is 1. The van der Waals surface area contributed by atoms with Crippen molar-refractivity contribution in [2.75, 3.05) is 20.2 Å². The molecule has 0 aliphatic heterocycles. The maximum Gasteiger partial charge on any atom is 0.243 e. The molecule has 276 valence electrons. The summed E-state index contributed by atoms with van der Waals surface area (Å²) in [4.78, 5) is 60.0. The SMILES string of the molecule is CC(CCN(C)C(=O)CC(Cc1ccccc1)C(=O)N[C@@H](Cc1cscn1)C(=O)NC(CC1CCCCC1)[C@@H](O)C(=O)CO)Cc1ccccc1. The molecule has 5 atom stereocenters. The maximum atomic E-state index is 14.1. The molecule has 1 aliphatic carbocycles. The number of thiazole rings is 1. The van der Waals surface area contributed by atoms with Crippen molar-refractivity contribution in [1.82, 2.24) is 20.5 Å². The molecular weight excluding hydrogens is 665 g/mol. The quantitative estimate of drug-likeness (QED) is 0.134. The van der Waals surface area contributed by atoms with E-state index in [0.29, 0.717) is 31.0 Å². The first-order chi connectivity index (χ1) is 24.6. The van der Waals surface area contributed by atoms with Gasteiger partial charge in [-0.3, -0.25) is 19.2 Å². The van der Waals surface area contributed by atoms with Gasteiger partial charge in [0.15, 0.2) is 5.78 Å². The summed E-state index contributed by atoms with van der Waals surface area (Å²) in [6, 6.07) is 17.7. The van der Waals surface area contributed by atoms with Crippen molar-refractivity contribution in [2.45, 2.75) is 95.7 Å². The fraction of sp³-hybridized carbons (Fsp3) is 0.525. The summed E-state index contributed by atoms with van der Waals surface area (Å²) in [6.45, 7) is 1.88. The first kappa shape index (κ1) is 39.8. The van der Waals surface area contributed by atoms with Crippen LogP contribution in [-0.2, 0) is 38.4 Å². The Labute approximate surface area is 306 Å². The zero-order chi connectivity index (χ0) is 36.6. The van der Waals surface area contributed by atoms with E-state index in [-0.39, 0.29) is 24.7 Å². The number of hydrogen-bond donors (Lipinski definition) is 4. The molecule has 3 unspecified atom stereocenters. The Morgan fingerprint density at radius 1 is 0.902 bits per heavy atom. The van der Waals surface area contributed by atoms with E-state index in [1.165, 1.54) is 16.9 Å². The van der Waals surface area contributed by atoms with Gasteiger partial charge in [-0.1, -0.05) is 99.7 Å². The van der Waals surface area contributed by atoms with E-state index in [1.54, 1.807) is 22.8 Å². The molecule has 10 nitrogen and oxygen atoms in total. The van der Waals surface area contributed by atoms with E-state index >= 15 is 0 Å². The molecule has 4 rings (SSSR count). The number of rotatable bonds is 20. The molecule has 0 spiro atoms. The molecule has 1 fully saturated rings. The molecule has 1 aliphatic rings. The second-order valence-corrected chi connectivity index (χ2v) is 14.9. The molecule has 4 N–H and O–H groups in total. The van der Waals surface area contributed by atoms with E-state index in [2.05, 4.69) is 34.7 Å². The van der Waals surface area contributed by atoms with Crippen molar-refractivity contribution in [2.24, 2.45) is 17.8 Å². The first-order valence-corrected chi connectivity index (χ1v) is 19.2. The molecule has 51 heavy (non-hydrogen) atoms. The topological polar surface area (TPSA) is 149 Å². The average Bonchev–Trinajstić information content (AvgIpc) is 3.66. The number of aliphatic hydroxyl groups excluding tert-OH is 2. The highest BCUT2D eigenvalue weighted by molar-refractivity contribution is 7.07. The number of nitrogens with one attached hydrogen (secondary N) is 2. The van der Waals surface area contributed by atoms with E-state index in [1.807, 2.05) is 48.5 Å². The number of hydrogen-bond acceptors (Lipinski definition) is 8. The molecule has 1 heterocycles. The Morgan fingerprint density at radius 3 is 2.16 bits per heavy atom. The third kappa shape index (κ3) is 13.3. The standard InChI is InChI=1S/C40H54N4O6S/c1-28(20-29-12-6-3-7-13-29)18-19-44(2)37(47)23-32(21-30-14-8-4-9-15-30)39(49)43-35(24-33-26-51-27-41-33)40(50)42-34(38(48)36(46)25-45)22-31-16-10-5-11-17-31/h3-4,6-9,12-15,26-28,31-32,34-35,38,45,48H,5,10-11,16-25H2,1-2H3,(H,42,50)(H,43,49)/t28?,32?,34?,35-,38+/m0/s1. The van der Waals surface area contributed by atoms with Gasteiger partial charge in [-0.15, -0.1) is 11.3 Å². The van der Waals surface area contributed by atoms with Gasteiger partial charge >= 0.3 is 0 Å². The Morgan fingerprint density at radius 2 is 1.55 bits per heavy atom. The average molecular weight is 719 g/mol. The van der Waals surface area contributed by atoms with Crippen molar-refractivity contribution in [3.63, 3.8) is 0 Å². The fourth-order valence-corrected chi connectivity index (χ4v) is 7.45. The number of carbonyl (C=O) groups is 4. The van der Waals surface area contributed by atoms with Crippen LogP contribution in [0.2, 0.25) is 0 Å². The van der Waals surface area contributed by atoms with Crippen LogP contribution in [0.15, 0.2) is 71.6 Å². The number of carbonyl (C=O) groups excluding carboxylic acids is 4. The predicted octanol–water partition coefficient (Wildman–Crippen LogP) is 4.52. The maximum absolute atomic E-state index is 14.1. The van der Waals surface area contributed by atoms with Gasteiger partial charge in [-0.2, -0.15) is 0 Å². The van der Waals surface area contributed by atoms with Gasteiger partial charge < -0.3 is 25.7 Å². The summed E-state index contributed by atoms with van der Waals surface area (Å²) in [5.74, 6) is -2.09. The largest absolute Gasteiger partial charge is 0.388 e. The number of aliphatic hydroxyl groups is 2. The van der Waals surface area contributed by atoms with Gasteiger partial charge in [0.2, 0.25) is 17.7 Å². The minimum Gasteiger partial charge on any atom is -0.388 e. The highest BCUT2D eigenvalue weighted by Crippen LogP contribution is 2.28. The van der Waals surface area contributed by atoms with Crippen LogP contribution in [0.5, 0.6) is 0 Å². The lowest BCUT2D eigenvalue weighted by atomic mass is 9.83. The zero-order valence-electron chi connectivity index (χ0n) is 29.9. The smallest absolute Gasteiger partial charge is 0.243 e. The van der Waals surface area contributed by atoms with Crippen LogP contribution in [0.25, 0.3) is 0 Å². The molecule has 0 bridgehead atoms. The minimum atomic E-state index is -1.58. The highest BCUT2D eigenvalue weighted by atomic mass is 32.1. The molecule has 3 aromatic rings. The molecule has 0 saturated heterocycles. The van der Waals surface area contributed by atoms with Gasteiger partial charge in [0.05, 0.1) is 23.2 Å².